The number of ether oxygens (including phenoxy) is 1. The van der Waals surface area contributed by atoms with Gasteiger partial charge in [0, 0.05) is 17.8 Å². The number of carboxylic acids is 1. The number of pyridine rings is 1. The summed E-state index contributed by atoms with van der Waals surface area (Å²) in [5, 5.41) is 9.15. The third kappa shape index (κ3) is 2.74. The van der Waals surface area contributed by atoms with Gasteiger partial charge in [-0.2, -0.15) is 0 Å². The van der Waals surface area contributed by atoms with E-state index in [1.165, 1.54) is 13.0 Å². The molecule has 0 unspecified atom stereocenters. The Morgan fingerprint density at radius 2 is 1.90 bits per heavy atom. The number of halogens is 2. The highest BCUT2D eigenvalue weighted by Crippen LogP contribution is 2.30. The zero-order valence-corrected chi connectivity index (χ0v) is 10.8. The highest BCUT2D eigenvalue weighted by atomic mass is 19.1. The predicted molar refractivity (Wildman–Crippen MR) is 67.1 cm³/mol. The zero-order chi connectivity index (χ0) is 14.9. The van der Waals surface area contributed by atoms with Crippen molar-refractivity contribution in [2.24, 2.45) is 0 Å². The molecule has 2 aromatic rings. The number of benzene rings is 1. The summed E-state index contributed by atoms with van der Waals surface area (Å²) in [7, 11) is 0. The van der Waals surface area contributed by atoms with Crippen molar-refractivity contribution in [3.05, 3.63) is 52.9 Å². The molecule has 0 aliphatic carbocycles. The summed E-state index contributed by atoms with van der Waals surface area (Å²) in [4.78, 5) is 15.2. The van der Waals surface area contributed by atoms with E-state index in [1.54, 1.807) is 6.92 Å². The Morgan fingerprint density at radius 1 is 1.20 bits per heavy atom. The maximum Gasteiger partial charge on any atom is 0.341 e. The van der Waals surface area contributed by atoms with Crippen LogP contribution in [0.2, 0.25) is 0 Å². The predicted octanol–water partition coefficient (Wildman–Crippen LogP) is 3.47. The van der Waals surface area contributed by atoms with E-state index >= 15 is 0 Å². The molecule has 0 saturated carbocycles. The van der Waals surface area contributed by atoms with Gasteiger partial charge in [0.1, 0.15) is 17.1 Å². The van der Waals surface area contributed by atoms with Crippen molar-refractivity contribution in [3.63, 3.8) is 0 Å². The summed E-state index contributed by atoms with van der Waals surface area (Å²) < 4.78 is 31.8. The van der Waals surface area contributed by atoms with Crippen molar-refractivity contribution in [3.8, 4) is 11.5 Å². The van der Waals surface area contributed by atoms with Gasteiger partial charge in [-0.25, -0.2) is 13.6 Å². The Balaban J connectivity index is 2.53. The normalized spacial score (nSPS) is 10.4. The molecule has 0 atom stereocenters. The molecular weight excluding hydrogens is 268 g/mol. The molecule has 0 fully saturated rings. The van der Waals surface area contributed by atoms with Crippen LogP contribution in [0.15, 0.2) is 24.3 Å². The van der Waals surface area contributed by atoms with Crippen LogP contribution >= 0.6 is 0 Å². The van der Waals surface area contributed by atoms with Crippen LogP contribution in [-0.2, 0) is 0 Å². The van der Waals surface area contributed by atoms with E-state index in [1.807, 2.05) is 0 Å². The Kier molecular flexibility index (Phi) is 3.65. The SMILES string of the molecule is Cc1cc(Oc2cc(F)ccc2F)c(C(=O)O)c(C)n1. The Morgan fingerprint density at radius 3 is 2.55 bits per heavy atom. The van der Waals surface area contributed by atoms with E-state index < -0.39 is 17.6 Å². The highest BCUT2D eigenvalue weighted by molar-refractivity contribution is 5.92. The molecule has 1 aromatic heterocycles. The fraction of sp³-hybridized carbons (Fsp3) is 0.143. The number of aromatic carboxylic acids is 1. The van der Waals surface area contributed by atoms with Gasteiger partial charge in [-0.15, -0.1) is 0 Å². The summed E-state index contributed by atoms with van der Waals surface area (Å²) in [5.41, 5.74) is 0.572. The van der Waals surface area contributed by atoms with Crippen LogP contribution in [-0.4, -0.2) is 16.1 Å². The number of carboxylic acid groups (broad SMARTS) is 1. The third-order valence-electron chi connectivity index (χ3n) is 2.62. The molecular formula is C14H11F2NO3. The lowest BCUT2D eigenvalue weighted by atomic mass is 10.1. The Bertz CT molecular complexity index is 686. The van der Waals surface area contributed by atoms with E-state index in [4.69, 9.17) is 9.84 Å². The number of nitrogens with zero attached hydrogens (tertiary/aromatic N) is 1. The third-order valence-corrected chi connectivity index (χ3v) is 2.62. The minimum absolute atomic E-state index is 0.0769. The second-order valence-electron chi connectivity index (χ2n) is 4.20. The van der Waals surface area contributed by atoms with Gasteiger partial charge in [-0.3, -0.25) is 4.98 Å². The van der Waals surface area contributed by atoms with Gasteiger partial charge in [0.2, 0.25) is 0 Å². The monoisotopic (exact) mass is 279 g/mol. The van der Waals surface area contributed by atoms with Crippen LogP contribution in [0.4, 0.5) is 8.78 Å². The first kappa shape index (κ1) is 13.9. The second-order valence-corrected chi connectivity index (χ2v) is 4.20. The minimum atomic E-state index is -1.25. The largest absolute Gasteiger partial charge is 0.477 e. The maximum absolute atomic E-state index is 13.5. The fourth-order valence-electron chi connectivity index (χ4n) is 1.81. The summed E-state index contributed by atoms with van der Waals surface area (Å²) >= 11 is 0. The van der Waals surface area contributed by atoms with Crippen molar-refractivity contribution in [2.45, 2.75) is 13.8 Å². The summed E-state index contributed by atoms with van der Waals surface area (Å²) in [6.07, 6.45) is 0. The molecule has 1 heterocycles. The topological polar surface area (TPSA) is 59.4 Å². The summed E-state index contributed by atoms with van der Waals surface area (Å²) in [5.74, 6) is -3.16. The molecule has 6 heteroatoms. The zero-order valence-electron chi connectivity index (χ0n) is 10.8. The lowest BCUT2D eigenvalue weighted by Gasteiger charge is -2.12. The van der Waals surface area contributed by atoms with Gasteiger partial charge in [-0.1, -0.05) is 0 Å². The van der Waals surface area contributed by atoms with Crippen molar-refractivity contribution in [1.29, 1.82) is 0 Å². The molecule has 0 aliphatic rings. The molecule has 1 N–H and O–H groups in total. The van der Waals surface area contributed by atoms with Gasteiger partial charge in [0.25, 0.3) is 0 Å². The molecule has 0 saturated heterocycles. The maximum atomic E-state index is 13.5. The quantitative estimate of drug-likeness (QED) is 0.934. The van der Waals surface area contributed by atoms with Crippen molar-refractivity contribution in [2.75, 3.05) is 0 Å². The van der Waals surface area contributed by atoms with Crippen molar-refractivity contribution < 1.29 is 23.4 Å². The molecule has 20 heavy (non-hydrogen) atoms. The standard InChI is InChI=1S/C14H11F2NO3/c1-7-5-12(13(14(18)19)8(2)17-7)20-11-6-9(15)3-4-10(11)16/h3-6H,1-2H3,(H,18,19). The molecule has 0 aliphatic heterocycles. The van der Waals surface area contributed by atoms with Crippen LogP contribution in [0.5, 0.6) is 11.5 Å². The lowest BCUT2D eigenvalue weighted by molar-refractivity contribution is 0.0692. The van der Waals surface area contributed by atoms with Gasteiger partial charge < -0.3 is 9.84 Å². The van der Waals surface area contributed by atoms with E-state index in [-0.39, 0.29) is 22.8 Å². The Hall–Kier alpha value is -2.50. The van der Waals surface area contributed by atoms with Crippen LogP contribution in [0.25, 0.3) is 0 Å². The first-order valence-electron chi connectivity index (χ1n) is 5.73. The lowest BCUT2D eigenvalue weighted by Crippen LogP contribution is -2.06. The van der Waals surface area contributed by atoms with Crippen LogP contribution in [0.1, 0.15) is 21.7 Å². The van der Waals surface area contributed by atoms with Gasteiger partial charge in [-0.05, 0) is 26.0 Å². The molecule has 2 rings (SSSR count). The molecule has 1 aromatic carbocycles. The summed E-state index contributed by atoms with van der Waals surface area (Å²) in [6, 6.07) is 4.07. The number of hydrogen-bond acceptors (Lipinski definition) is 3. The second kappa shape index (κ2) is 5.24. The molecule has 0 spiro atoms. The van der Waals surface area contributed by atoms with Crippen molar-refractivity contribution in [1.82, 2.24) is 4.98 Å². The molecule has 104 valence electrons. The van der Waals surface area contributed by atoms with E-state index in [2.05, 4.69) is 4.98 Å². The highest BCUT2D eigenvalue weighted by Gasteiger charge is 2.18. The molecule has 0 radical (unpaired) electrons. The average Bonchev–Trinajstić information content (AvgIpc) is 2.32. The summed E-state index contributed by atoms with van der Waals surface area (Å²) in [6.45, 7) is 3.15. The number of rotatable bonds is 3. The first-order valence-corrected chi connectivity index (χ1v) is 5.73. The smallest absolute Gasteiger partial charge is 0.341 e. The number of aromatic nitrogens is 1. The van der Waals surface area contributed by atoms with E-state index in [0.717, 1.165) is 18.2 Å². The van der Waals surface area contributed by atoms with Gasteiger partial charge in [0.15, 0.2) is 11.6 Å². The molecule has 4 nitrogen and oxygen atoms in total. The average molecular weight is 279 g/mol. The molecule has 0 bridgehead atoms. The first-order chi connectivity index (χ1) is 9.38. The van der Waals surface area contributed by atoms with Crippen LogP contribution < -0.4 is 4.74 Å². The van der Waals surface area contributed by atoms with Crippen LogP contribution in [0.3, 0.4) is 0 Å². The Labute approximate surface area is 113 Å². The van der Waals surface area contributed by atoms with Crippen molar-refractivity contribution >= 4 is 5.97 Å². The van der Waals surface area contributed by atoms with E-state index in [0.29, 0.717) is 5.69 Å². The minimum Gasteiger partial charge on any atom is -0.477 e. The number of carbonyl (C=O) groups is 1. The fourth-order valence-corrected chi connectivity index (χ4v) is 1.81. The number of aryl methyl sites for hydroxylation is 2. The molecule has 0 amide bonds. The van der Waals surface area contributed by atoms with Gasteiger partial charge >= 0.3 is 5.97 Å². The van der Waals surface area contributed by atoms with Gasteiger partial charge in [0.05, 0.1) is 5.69 Å². The number of hydrogen-bond donors (Lipinski definition) is 1. The van der Waals surface area contributed by atoms with E-state index in [9.17, 15) is 13.6 Å². The van der Waals surface area contributed by atoms with Crippen LogP contribution in [0, 0.1) is 25.5 Å².